The summed E-state index contributed by atoms with van der Waals surface area (Å²) in [6, 6.07) is 5.99. The van der Waals surface area contributed by atoms with E-state index in [1.165, 1.54) is 0 Å². The van der Waals surface area contributed by atoms with Gasteiger partial charge in [-0.1, -0.05) is 15.9 Å². The first kappa shape index (κ1) is 13.8. The lowest BCUT2D eigenvalue weighted by Crippen LogP contribution is -2.09. The van der Waals surface area contributed by atoms with Crippen LogP contribution in [0.25, 0.3) is 0 Å². The van der Waals surface area contributed by atoms with Crippen LogP contribution in [0, 0.1) is 0 Å². The van der Waals surface area contributed by atoms with Gasteiger partial charge in [-0.3, -0.25) is 0 Å². The lowest BCUT2D eigenvalue weighted by Gasteiger charge is -2.17. The maximum absolute atomic E-state index is 5.78. The molecular weight excluding hydrogens is 296 g/mol. The van der Waals surface area contributed by atoms with E-state index in [2.05, 4.69) is 15.9 Å². The van der Waals surface area contributed by atoms with Crippen molar-refractivity contribution < 1.29 is 14.2 Å². The van der Waals surface area contributed by atoms with Crippen LogP contribution < -0.4 is 4.74 Å². The van der Waals surface area contributed by atoms with Crippen LogP contribution >= 0.6 is 15.9 Å². The molecule has 1 saturated heterocycles. The molecule has 1 aromatic rings. The van der Waals surface area contributed by atoms with Gasteiger partial charge in [0.2, 0.25) is 0 Å². The molecule has 1 unspecified atom stereocenters. The Bertz CT molecular complexity index is 402. The molecule has 1 aromatic carbocycles. The Morgan fingerprint density at radius 1 is 1.39 bits per heavy atom. The van der Waals surface area contributed by atoms with Crippen LogP contribution in [0.5, 0.6) is 5.75 Å². The maximum atomic E-state index is 5.78. The van der Waals surface area contributed by atoms with Gasteiger partial charge in [-0.25, -0.2) is 0 Å². The van der Waals surface area contributed by atoms with Crippen molar-refractivity contribution in [2.45, 2.75) is 39.1 Å². The summed E-state index contributed by atoms with van der Waals surface area (Å²) in [6.45, 7) is 7.56. The van der Waals surface area contributed by atoms with Crippen molar-refractivity contribution in [1.82, 2.24) is 0 Å². The molecule has 1 heterocycles. The minimum atomic E-state index is 0.0271. The smallest absolute Gasteiger partial charge is 0.120 e. The van der Waals surface area contributed by atoms with Gasteiger partial charge in [-0.05, 0) is 44.5 Å². The molecule has 100 valence electrons. The van der Waals surface area contributed by atoms with E-state index in [1.807, 2.05) is 39.0 Å². The second-order valence-corrected chi connectivity index (χ2v) is 5.64. The molecule has 0 spiro atoms. The predicted octanol–water partition coefficient (Wildman–Crippen LogP) is 3.71. The molecule has 2 atom stereocenters. The first-order chi connectivity index (χ1) is 8.56. The summed E-state index contributed by atoms with van der Waals surface area (Å²) >= 11 is 3.55. The van der Waals surface area contributed by atoms with Crippen molar-refractivity contribution >= 4 is 15.9 Å². The number of halogens is 1. The average Bonchev–Trinajstić information content (AvgIpc) is 3.12. The predicted molar refractivity (Wildman–Crippen MR) is 74.0 cm³/mol. The Morgan fingerprint density at radius 2 is 2.11 bits per heavy atom. The van der Waals surface area contributed by atoms with Crippen LogP contribution in [0.2, 0.25) is 0 Å². The topological polar surface area (TPSA) is 31.0 Å². The number of epoxide rings is 1. The van der Waals surface area contributed by atoms with E-state index in [-0.39, 0.29) is 12.2 Å². The Morgan fingerprint density at radius 3 is 2.72 bits per heavy atom. The molecule has 0 radical (unpaired) electrons. The van der Waals surface area contributed by atoms with Gasteiger partial charge in [-0.2, -0.15) is 0 Å². The summed E-state index contributed by atoms with van der Waals surface area (Å²) in [7, 11) is 0. The van der Waals surface area contributed by atoms with Gasteiger partial charge in [0, 0.05) is 4.47 Å². The average molecular weight is 315 g/mol. The normalized spacial score (nSPS) is 19.9. The first-order valence-corrected chi connectivity index (χ1v) is 7.05. The van der Waals surface area contributed by atoms with Crippen LogP contribution in [-0.2, 0) is 9.47 Å². The van der Waals surface area contributed by atoms with Crippen molar-refractivity contribution in [2.24, 2.45) is 0 Å². The van der Waals surface area contributed by atoms with Crippen LogP contribution in [-0.4, -0.2) is 25.4 Å². The lowest BCUT2D eigenvalue weighted by molar-refractivity contribution is 0.0533. The molecule has 2 rings (SSSR count). The van der Waals surface area contributed by atoms with Crippen LogP contribution in [0.1, 0.15) is 32.4 Å². The van der Waals surface area contributed by atoms with Gasteiger partial charge < -0.3 is 14.2 Å². The Labute approximate surface area is 117 Å². The third-order valence-corrected chi connectivity index (χ3v) is 3.43. The highest BCUT2D eigenvalue weighted by Gasteiger charge is 2.24. The zero-order valence-corrected chi connectivity index (χ0v) is 12.6. The van der Waals surface area contributed by atoms with E-state index in [9.17, 15) is 0 Å². The number of benzene rings is 1. The molecule has 0 bridgehead atoms. The first-order valence-electron chi connectivity index (χ1n) is 6.25. The van der Waals surface area contributed by atoms with Crippen molar-refractivity contribution in [3.8, 4) is 5.75 Å². The maximum Gasteiger partial charge on any atom is 0.120 e. The number of ether oxygens (including phenoxy) is 3. The molecule has 0 aromatic heterocycles. The summed E-state index contributed by atoms with van der Waals surface area (Å²) in [4.78, 5) is 0. The minimum Gasteiger partial charge on any atom is -0.491 e. The molecule has 0 aliphatic carbocycles. The summed E-state index contributed by atoms with van der Waals surface area (Å²) in [6.07, 6.45) is 0.496. The molecular formula is C14H19BrO3. The highest BCUT2D eigenvalue weighted by atomic mass is 79.9. The minimum absolute atomic E-state index is 0.0271. The van der Waals surface area contributed by atoms with Crippen molar-refractivity contribution in [2.75, 3.05) is 13.2 Å². The van der Waals surface area contributed by atoms with Crippen LogP contribution in [0.3, 0.4) is 0 Å². The monoisotopic (exact) mass is 314 g/mol. The van der Waals surface area contributed by atoms with E-state index in [4.69, 9.17) is 14.2 Å². The second-order valence-electron chi connectivity index (χ2n) is 4.78. The number of hydrogen-bond donors (Lipinski definition) is 0. The van der Waals surface area contributed by atoms with Gasteiger partial charge in [0.25, 0.3) is 0 Å². The van der Waals surface area contributed by atoms with Gasteiger partial charge in [0.05, 0.1) is 25.4 Å². The zero-order valence-electron chi connectivity index (χ0n) is 11.0. The summed E-state index contributed by atoms with van der Waals surface area (Å²) < 4.78 is 17.7. The standard InChI is InChI=1S/C14H19BrO3/c1-9(2)18-11-4-5-14(15)13(6-11)10(3)16-7-12-8-17-12/h4-6,9-10,12H,7-8H2,1-3H3/t10-,12?/m1/s1. The van der Waals surface area contributed by atoms with E-state index >= 15 is 0 Å². The van der Waals surface area contributed by atoms with E-state index in [0.717, 1.165) is 22.4 Å². The van der Waals surface area contributed by atoms with Crippen molar-refractivity contribution in [1.29, 1.82) is 0 Å². The Hall–Kier alpha value is -0.580. The van der Waals surface area contributed by atoms with E-state index in [1.54, 1.807) is 0 Å². The Kier molecular flexibility index (Phi) is 4.65. The number of hydrogen-bond acceptors (Lipinski definition) is 3. The van der Waals surface area contributed by atoms with E-state index in [0.29, 0.717) is 12.7 Å². The fraction of sp³-hybridized carbons (Fsp3) is 0.571. The summed E-state index contributed by atoms with van der Waals surface area (Å²) in [5.41, 5.74) is 1.11. The SMILES string of the molecule is CC(C)Oc1ccc(Br)c([C@@H](C)OCC2CO2)c1. The van der Waals surface area contributed by atoms with Crippen LogP contribution in [0.4, 0.5) is 0 Å². The molecule has 0 amide bonds. The zero-order chi connectivity index (χ0) is 13.1. The lowest BCUT2D eigenvalue weighted by atomic mass is 10.1. The molecule has 3 nitrogen and oxygen atoms in total. The number of rotatable bonds is 6. The second kappa shape index (κ2) is 6.04. The van der Waals surface area contributed by atoms with Gasteiger partial charge >= 0.3 is 0 Å². The molecule has 0 N–H and O–H groups in total. The molecule has 1 aliphatic rings. The summed E-state index contributed by atoms with van der Waals surface area (Å²) in [5, 5.41) is 0. The van der Waals surface area contributed by atoms with E-state index < -0.39 is 0 Å². The third kappa shape index (κ3) is 3.97. The quantitative estimate of drug-likeness (QED) is 0.750. The van der Waals surface area contributed by atoms with Gasteiger partial charge in [0.1, 0.15) is 11.9 Å². The van der Waals surface area contributed by atoms with Gasteiger partial charge in [-0.15, -0.1) is 0 Å². The fourth-order valence-corrected chi connectivity index (χ4v) is 2.25. The van der Waals surface area contributed by atoms with Crippen molar-refractivity contribution in [3.63, 3.8) is 0 Å². The summed E-state index contributed by atoms with van der Waals surface area (Å²) in [5.74, 6) is 0.876. The Balaban J connectivity index is 2.03. The molecule has 4 heteroatoms. The van der Waals surface area contributed by atoms with Gasteiger partial charge in [0.15, 0.2) is 0 Å². The molecule has 18 heavy (non-hydrogen) atoms. The fourth-order valence-electron chi connectivity index (χ4n) is 1.68. The highest BCUT2D eigenvalue weighted by Crippen LogP contribution is 2.30. The third-order valence-electron chi connectivity index (χ3n) is 2.71. The largest absolute Gasteiger partial charge is 0.491 e. The van der Waals surface area contributed by atoms with Crippen LogP contribution in [0.15, 0.2) is 22.7 Å². The molecule has 1 fully saturated rings. The molecule has 0 saturated carbocycles. The van der Waals surface area contributed by atoms with Crippen molar-refractivity contribution in [3.05, 3.63) is 28.2 Å². The molecule has 1 aliphatic heterocycles. The highest BCUT2D eigenvalue weighted by molar-refractivity contribution is 9.10.